The van der Waals surface area contributed by atoms with Gasteiger partial charge in [-0.1, -0.05) is 91.0 Å². The van der Waals surface area contributed by atoms with Gasteiger partial charge >= 0.3 is 0 Å². The lowest BCUT2D eigenvalue weighted by Crippen LogP contribution is -2.36. The molecule has 1 aliphatic rings. The maximum absolute atomic E-state index is 12.0. The number of amides is 1. The molecule has 1 atom stereocenters. The molecule has 4 rings (SSSR count). The zero-order valence-electron chi connectivity index (χ0n) is 17.2. The number of hydrogen-bond acceptors (Lipinski definition) is 3. The Morgan fingerprint density at radius 2 is 1.33 bits per heavy atom. The molecule has 0 aliphatic carbocycles. The number of hydrogen-bond donors (Lipinski definition) is 0. The van der Waals surface area contributed by atoms with Gasteiger partial charge in [-0.15, -0.1) is 0 Å². The van der Waals surface area contributed by atoms with Crippen molar-refractivity contribution in [3.05, 3.63) is 108 Å². The minimum absolute atomic E-state index is 0.0120. The molecule has 3 aromatic rings. The molecule has 1 saturated heterocycles. The van der Waals surface area contributed by atoms with Crippen molar-refractivity contribution < 1.29 is 14.3 Å². The molecule has 0 N–H and O–H groups in total. The summed E-state index contributed by atoms with van der Waals surface area (Å²) in [6, 6.07) is 30.9. The van der Waals surface area contributed by atoms with Crippen LogP contribution in [-0.2, 0) is 19.9 Å². The van der Waals surface area contributed by atoms with Crippen molar-refractivity contribution in [2.24, 2.45) is 0 Å². The number of rotatable bonds is 6. The highest BCUT2D eigenvalue weighted by molar-refractivity contribution is 5.77. The molecule has 0 saturated carbocycles. The van der Waals surface area contributed by atoms with Crippen LogP contribution in [0.2, 0.25) is 0 Å². The summed E-state index contributed by atoms with van der Waals surface area (Å²) >= 11 is 0. The first-order valence-electron chi connectivity index (χ1n) is 10.4. The predicted octanol–water partition coefficient (Wildman–Crippen LogP) is 4.24. The molecule has 1 aliphatic heterocycles. The minimum atomic E-state index is -0.768. The standard InChI is InChI=1S/C26H27NO3/c1-27-18-17-24(29-20-25(27)28)19-30-26(21-11-5-2-6-12-21,22-13-7-3-8-14-22)23-15-9-4-10-16-23/h2-16,24H,17-20H2,1H3/t24-/m0/s1. The predicted molar refractivity (Wildman–Crippen MR) is 117 cm³/mol. The largest absolute Gasteiger partial charge is 0.366 e. The van der Waals surface area contributed by atoms with E-state index in [0.29, 0.717) is 13.2 Å². The normalized spacial score (nSPS) is 17.6. The number of carbonyl (C=O) groups excluding carboxylic acids is 1. The summed E-state index contributed by atoms with van der Waals surface area (Å²) in [4.78, 5) is 13.7. The van der Waals surface area contributed by atoms with Crippen LogP contribution in [-0.4, -0.2) is 43.7 Å². The molecule has 4 heteroatoms. The molecule has 1 amide bonds. The van der Waals surface area contributed by atoms with Gasteiger partial charge in [0.15, 0.2) is 0 Å². The summed E-state index contributed by atoms with van der Waals surface area (Å²) in [6.07, 6.45) is 0.603. The SMILES string of the molecule is CN1CC[C@@H](COC(c2ccccc2)(c2ccccc2)c2ccccc2)OCC1=O. The van der Waals surface area contributed by atoms with Gasteiger partial charge in [0.1, 0.15) is 12.2 Å². The van der Waals surface area contributed by atoms with Crippen LogP contribution in [0.1, 0.15) is 23.1 Å². The number of likely N-dealkylation sites (N-methyl/N-ethyl adjacent to an activating group) is 1. The van der Waals surface area contributed by atoms with E-state index in [2.05, 4.69) is 36.4 Å². The van der Waals surface area contributed by atoms with Crippen molar-refractivity contribution in [2.75, 3.05) is 26.8 Å². The molecule has 0 spiro atoms. The van der Waals surface area contributed by atoms with Crippen molar-refractivity contribution in [3.63, 3.8) is 0 Å². The van der Waals surface area contributed by atoms with E-state index in [4.69, 9.17) is 9.47 Å². The third kappa shape index (κ3) is 4.16. The van der Waals surface area contributed by atoms with Crippen LogP contribution in [0.4, 0.5) is 0 Å². The maximum Gasteiger partial charge on any atom is 0.248 e. The van der Waals surface area contributed by atoms with Crippen LogP contribution in [0.5, 0.6) is 0 Å². The fourth-order valence-electron chi connectivity index (χ4n) is 3.96. The van der Waals surface area contributed by atoms with E-state index >= 15 is 0 Å². The van der Waals surface area contributed by atoms with Gasteiger partial charge in [0.25, 0.3) is 0 Å². The molecule has 30 heavy (non-hydrogen) atoms. The lowest BCUT2D eigenvalue weighted by atomic mass is 9.80. The van der Waals surface area contributed by atoms with Crippen LogP contribution in [0.15, 0.2) is 91.0 Å². The third-order valence-electron chi connectivity index (χ3n) is 5.68. The van der Waals surface area contributed by atoms with Crippen molar-refractivity contribution in [1.82, 2.24) is 4.90 Å². The van der Waals surface area contributed by atoms with Gasteiger partial charge in [-0.05, 0) is 23.1 Å². The molecule has 1 heterocycles. The number of carbonyl (C=O) groups is 1. The molecule has 154 valence electrons. The fourth-order valence-corrected chi connectivity index (χ4v) is 3.96. The summed E-state index contributed by atoms with van der Waals surface area (Å²) in [5.74, 6) is 0.0120. The first-order chi connectivity index (χ1) is 14.7. The van der Waals surface area contributed by atoms with Gasteiger partial charge in [0.05, 0.1) is 12.7 Å². The number of nitrogens with zero attached hydrogens (tertiary/aromatic N) is 1. The average Bonchev–Trinajstić information content (AvgIpc) is 2.97. The van der Waals surface area contributed by atoms with Crippen molar-refractivity contribution in [1.29, 1.82) is 0 Å². The molecule has 0 bridgehead atoms. The maximum atomic E-state index is 12.0. The fraction of sp³-hybridized carbons (Fsp3) is 0.269. The highest BCUT2D eigenvalue weighted by atomic mass is 16.5. The monoisotopic (exact) mass is 401 g/mol. The summed E-state index contributed by atoms with van der Waals surface area (Å²) in [7, 11) is 1.82. The molecule has 0 unspecified atom stereocenters. The Morgan fingerprint density at radius 1 is 0.867 bits per heavy atom. The van der Waals surface area contributed by atoms with Gasteiger partial charge in [-0.25, -0.2) is 0 Å². The summed E-state index contributed by atoms with van der Waals surface area (Å²) in [5.41, 5.74) is 2.41. The van der Waals surface area contributed by atoms with Gasteiger partial charge in [0, 0.05) is 13.6 Å². The molecule has 0 aromatic heterocycles. The molecule has 0 radical (unpaired) electrons. The van der Waals surface area contributed by atoms with Crippen LogP contribution < -0.4 is 0 Å². The van der Waals surface area contributed by atoms with Crippen LogP contribution in [0, 0.1) is 0 Å². The zero-order chi connectivity index (χ0) is 20.8. The minimum Gasteiger partial charge on any atom is -0.366 e. The number of ether oxygens (including phenoxy) is 2. The Morgan fingerprint density at radius 3 is 1.80 bits per heavy atom. The third-order valence-corrected chi connectivity index (χ3v) is 5.68. The van der Waals surface area contributed by atoms with Crippen molar-refractivity contribution in [2.45, 2.75) is 18.1 Å². The first-order valence-corrected chi connectivity index (χ1v) is 10.4. The lowest BCUT2D eigenvalue weighted by Gasteiger charge is -2.37. The van der Waals surface area contributed by atoms with Crippen LogP contribution >= 0.6 is 0 Å². The van der Waals surface area contributed by atoms with Crippen LogP contribution in [0.25, 0.3) is 0 Å². The Kier molecular flexibility index (Phi) is 6.26. The summed E-state index contributed by atoms with van der Waals surface area (Å²) in [5, 5.41) is 0. The van der Waals surface area contributed by atoms with E-state index in [1.54, 1.807) is 4.90 Å². The van der Waals surface area contributed by atoms with Gasteiger partial charge in [0.2, 0.25) is 5.91 Å². The molecular formula is C26H27NO3. The highest BCUT2D eigenvalue weighted by Gasteiger charge is 2.38. The van der Waals surface area contributed by atoms with Crippen LogP contribution in [0.3, 0.4) is 0 Å². The molecule has 1 fully saturated rings. The van der Waals surface area contributed by atoms with E-state index in [1.165, 1.54) is 0 Å². The van der Waals surface area contributed by atoms with Crippen molar-refractivity contribution in [3.8, 4) is 0 Å². The van der Waals surface area contributed by atoms with Gasteiger partial charge < -0.3 is 14.4 Å². The average molecular weight is 402 g/mol. The Hall–Kier alpha value is -2.95. The van der Waals surface area contributed by atoms with E-state index in [1.807, 2.05) is 61.6 Å². The van der Waals surface area contributed by atoms with Gasteiger partial charge in [-0.2, -0.15) is 0 Å². The lowest BCUT2D eigenvalue weighted by molar-refractivity contribution is -0.135. The number of benzene rings is 3. The van der Waals surface area contributed by atoms with E-state index < -0.39 is 5.60 Å². The Bertz CT molecular complexity index is 847. The molecular weight excluding hydrogens is 374 g/mol. The second kappa shape index (κ2) is 9.24. The quantitative estimate of drug-likeness (QED) is 0.580. The smallest absolute Gasteiger partial charge is 0.248 e. The molecule has 4 nitrogen and oxygen atoms in total. The topological polar surface area (TPSA) is 38.8 Å². The highest BCUT2D eigenvalue weighted by Crippen LogP contribution is 2.40. The second-order valence-corrected chi connectivity index (χ2v) is 7.63. The van der Waals surface area contributed by atoms with E-state index in [9.17, 15) is 4.79 Å². The molecule has 3 aromatic carbocycles. The van der Waals surface area contributed by atoms with E-state index in [-0.39, 0.29) is 18.6 Å². The second-order valence-electron chi connectivity index (χ2n) is 7.63. The van der Waals surface area contributed by atoms with E-state index in [0.717, 1.165) is 23.1 Å². The summed E-state index contributed by atoms with van der Waals surface area (Å²) in [6.45, 7) is 1.15. The summed E-state index contributed by atoms with van der Waals surface area (Å²) < 4.78 is 12.7. The zero-order valence-corrected chi connectivity index (χ0v) is 17.2. The first kappa shape index (κ1) is 20.3. The Labute approximate surface area is 178 Å². The van der Waals surface area contributed by atoms with Gasteiger partial charge in [-0.3, -0.25) is 4.79 Å². The van der Waals surface area contributed by atoms with Crippen molar-refractivity contribution >= 4 is 5.91 Å². The Balaban J connectivity index is 1.74.